The van der Waals surface area contributed by atoms with Crippen molar-refractivity contribution >= 4 is 12.0 Å². The van der Waals surface area contributed by atoms with Crippen LogP contribution in [-0.4, -0.2) is 23.7 Å². The molecule has 0 aliphatic carbocycles. The number of aliphatic hydroxyl groups excluding tert-OH is 1. The first kappa shape index (κ1) is 13.9. The highest BCUT2D eigenvalue weighted by Crippen LogP contribution is 2.04. The lowest BCUT2D eigenvalue weighted by molar-refractivity contribution is -0.116. The van der Waals surface area contributed by atoms with Gasteiger partial charge in [-0.3, -0.25) is 4.79 Å². The predicted octanol–water partition coefficient (Wildman–Crippen LogP) is 1.46. The van der Waals surface area contributed by atoms with E-state index in [1.807, 2.05) is 6.07 Å². The second kappa shape index (κ2) is 7.25. The molecule has 1 unspecified atom stereocenters. The standard InChI is InChI=1S/C14H16N2O2/c1-11(17)8-9-16-14(18)7-6-12-2-4-13(10-15)5-3-12/h2-7,11,17H,8-9H2,1H3,(H,16,18). The van der Waals surface area contributed by atoms with Gasteiger partial charge in [-0.15, -0.1) is 0 Å². The van der Waals surface area contributed by atoms with Crippen LogP contribution in [0.5, 0.6) is 0 Å². The summed E-state index contributed by atoms with van der Waals surface area (Å²) in [6.45, 7) is 2.13. The van der Waals surface area contributed by atoms with E-state index in [9.17, 15) is 4.79 Å². The van der Waals surface area contributed by atoms with E-state index in [0.29, 0.717) is 18.5 Å². The van der Waals surface area contributed by atoms with Crippen LogP contribution in [0, 0.1) is 11.3 Å². The van der Waals surface area contributed by atoms with Gasteiger partial charge < -0.3 is 10.4 Å². The molecule has 0 heterocycles. The lowest BCUT2D eigenvalue weighted by Crippen LogP contribution is -2.24. The Balaban J connectivity index is 2.43. The Bertz CT molecular complexity index is 456. The average Bonchev–Trinajstić information content (AvgIpc) is 2.36. The number of hydrogen-bond acceptors (Lipinski definition) is 3. The molecule has 0 saturated carbocycles. The molecule has 4 nitrogen and oxygen atoms in total. The number of nitrogens with one attached hydrogen (secondary N) is 1. The van der Waals surface area contributed by atoms with E-state index < -0.39 is 6.10 Å². The molecular weight excluding hydrogens is 228 g/mol. The summed E-state index contributed by atoms with van der Waals surface area (Å²) in [5.74, 6) is -0.194. The molecule has 0 saturated heterocycles. The molecule has 0 spiro atoms. The summed E-state index contributed by atoms with van der Waals surface area (Å²) in [7, 11) is 0. The second-order valence-electron chi connectivity index (χ2n) is 4.00. The summed E-state index contributed by atoms with van der Waals surface area (Å²) >= 11 is 0. The van der Waals surface area contributed by atoms with Crippen molar-refractivity contribution in [2.45, 2.75) is 19.4 Å². The summed E-state index contributed by atoms with van der Waals surface area (Å²) in [5.41, 5.74) is 1.45. The molecule has 94 valence electrons. The van der Waals surface area contributed by atoms with Gasteiger partial charge in [0.25, 0.3) is 0 Å². The van der Waals surface area contributed by atoms with Crippen LogP contribution in [0.4, 0.5) is 0 Å². The monoisotopic (exact) mass is 244 g/mol. The fourth-order valence-electron chi connectivity index (χ4n) is 1.30. The maximum Gasteiger partial charge on any atom is 0.244 e. The van der Waals surface area contributed by atoms with E-state index in [-0.39, 0.29) is 5.91 Å². The fourth-order valence-corrected chi connectivity index (χ4v) is 1.30. The van der Waals surface area contributed by atoms with Crippen molar-refractivity contribution in [2.75, 3.05) is 6.54 Å². The Hall–Kier alpha value is -2.12. The van der Waals surface area contributed by atoms with Crippen molar-refractivity contribution in [2.24, 2.45) is 0 Å². The number of amides is 1. The van der Waals surface area contributed by atoms with Crippen LogP contribution in [0.1, 0.15) is 24.5 Å². The van der Waals surface area contributed by atoms with Gasteiger partial charge in [0.2, 0.25) is 5.91 Å². The third kappa shape index (κ3) is 5.28. The molecule has 2 N–H and O–H groups in total. The molecule has 1 aromatic rings. The summed E-state index contributed by atoms with van der Waals surface area (Å²) in [5, 5.41) is 20.3. The Morgan fingerprint density at radius 2 is 2.17 bits per heavy atom. The smallest absolute Gasteiger partial charge is 0.244 e. The van der Waals surface area contributed by atoms with Crippen molar-refractivity contribution in [3.63, 3.8) is 0 Å². The molecule has 1 atom stereocenters. The van der Waals surface area contributed by atoms with Gasteiger partial charge in [-0.1, -0.05) is 12.1 Å². The summed E-state index contributed by atoms with van der Waals surface area (Å²) in [6.07, 6.45) is 3.24. The Kier molecular flexibility index (Phi) is 5.62. The van der Waals surface area contributed by atoms with Crippen LogP contribution in [0.3, 0.4) is 0 Å². The molecule has 18 heavy (non-hydrogen) atoms. The van der Waals surface area contributed by atoms with Gasteiger partial charge in [0, 0.05) is 12.6 Å². The van der Waals surface area contributed by atoms with E-state index in [2.05, 4.69) is 5.32 Å². The van der Waals surface area contributed by atoms with Crippen LogP contribution >= 0.6 is 0 Å². The zero-order valence-electron chi connectivity index (χ0n) is 10.3. The highest BCUT2D eigenvalue weighted by atomic mass is 16.3. The van der Waals surface area contributed by atoms with Crippen LogP contribution in [-0.2, 0) is 4.79 Å². The minimum Gasteiger partial charge on any atom is -0.393 e. The highest BCUT2D eigenvalue weighted by molar-refractivity contribution is 5.91. The molecule has 0 radical (unpaired) electrons. The molecular formula is C14H16N2O2. The molecule has 0 aliphatic heterocycles. The number of benzene rings is 1. The largest absolute Gasteiger partial charge is 0.393 e. The van der Waals surface area contributed by atoms with Crippen molar-refractivity contribution in [1.29, 1.82) is 5.26 Å². The quantitative estimate of drug-likeness (QED) is 0.770. The van der Waals surface area contributed by atoms with Gasteiger partial charge in [0.15, 0.2) is 0 Å². The van der Waals surface area contributed by atoms with Crippen LogP contribution in [0.2, 0.25) is 0 Å². The zero-order chi connectivity index (χ0) is 13.4. The maximum atomic E-state index is 11.4. The fraction of sp³-hybridized carbons (Fsp3) is 0.286. The molecule has 0 fully saturated rings. The Morgan fingerprint density at radius 1 is 1.50 bits per heavy atom. The van der Waals surface area contributed by atoms with Crippen LogP contribution in [0.25, 0.3) is 6.08 Å². The van der Waals surface area contributed by atoms with Crippen molar-refractivity contribution in [3.05, 3.63) is 41.5 Å². The first-order valence-corrected chi connectivity index (χ1v) is 5.76. The molecule has 0 aliphatic rings. The van der Waals surface area contributed by atoms with Gasteiger partial charge in [-0.05, 0) is 37.1 Å². The first-order chi connectivity index (χ1) is 8.61. The second-order valence-corrected chi connectivity index (χ2v) is 4.00. The number of nitriles is 1. The van der Waals surface area contributed by atoms with E-state index in [4.69, 9.17) is 10.4 Å². The van der Waals surface area contributed by atoms with E-state index in [1.54, 1.807) is 37.3 Å². The molecule has 0 aromatic heterocycles. The molecule has 1 aromatic carbocycles. The maximum absolute atomic E-state index is 11.4. The number of carbonyl (C=O) groups is 1. The highest BCUT2D eigenvalue weighted by Gasteiger charge is 1.98. The molecule has 1 rings (SSSR count). The topological polar surface area (TPSA) is 73.1 Å². The van der Waals surface area contributed by atoms with Gasteiger partial charge in [-0.25, -0.2) is 0 Å². The molecule has 4 heteroatoms. The number of hydrogen-bond donors (Lipinski definition) is 2. The normalized spacial score (nSPS) is 12.1. The molecule has 0 bridgehead atoms. The minimum absolute atomic E-state index is 0.194. The van der Waals surface area contributed by atoms with Gasteiger partial charge in [0.1, 0.15) is 0 Å². The van der Waals surface area contributed by atoms with E-state index >= 15 is 0 Å². The minimum atomic E-state index is -0.409. The summed E-state index contributed by atoms with van der Waals surface area (Å²) in [4.78, 5) is 11.4. The van der Waals surface area contributed by atoms with Crippen LogP contribution < -0.4 is 5.32 Å². The molecule has 1 amide bonds. The van der Waals surface area contributed by atoms with E-state index in [0.717, 1.165) is 5.56 Å². The summed E-state index contributed by atoms with van der Waals surface area (Å²) < 4.78 is 0. The lowest BCUT2D eigenvalue weighted by atomic mass is 10.1. The number of carbonyl (C=O) groups excluding carboxylic acids is 1. The van der Waals surface area contributed by atoms with Gasteiger partial charge >= 0.3 is 0 Å². The number of rotatable bonds is 5. The van der Waals surface area contributed by atoms with Gasteiger partial charge in [0.05, 0.1) is 17.7 Å². The third-order valence-corrected chi connectivity index (χ3v) is 2.33. The number of nitrogens with zero attached hydrogens (tertiary/aromatic N) is 1. The van der Waals surface area contributed by atoms with Crippen LogP contribution in [0.15, 0.2) is 30.3 Å². The van der Waals surface area contributed by atoms with Crippen molar-refractivity contribution in [1.82, 2.24) is 5.32 Å². The van der Waals surface area contributed by atoms with Gasteiger partial charge in [-0.2, -0.15) is 5.26 Å². The average molecular weight is 244 g/mol. The Morgan fingerprint density at radius 3 is 2.72 bits per heavy atom. The first-order valence-electron chi connectivity index (χ1n) is 5.76. The van der Waals surface area contributed by atoms with Crippen molar-refractivity contribution < 1.29 is 9.90 Å². The third-order valence-electron chi connectivity index (χ3n) is 2.33. The van der Waals surface area contributed by atoms with Crippen molar-refractivity contribution in [3.8, 4) is 6.07 Å². The summed E-state index contributed by atoms with van der Waals surface area (Å²) in [6, 6.07) is 8.98. The van der Waals surface area contributed by atoms with E-state index in [1.165, 1.54) is 6.08 Å². The SMILES string of the molecule is CC(O)CCNC(=O)C=Cc1ccc(C#N)cc1. The number of aliphatic hydroxyl groups is 1. The zero-order valence-corrected chi connectivity index (χ0v) is 10.3. The Labute approximate surface area is 107 Å². The lowest BCUT2D eigenvalue weighted by Gasteiger charge is -2.03. The predicted molar refractivity (Wildman–Crippen MR) is 69.5 cm³/mol.